The topological polar surface area (TPSA) is 12.5 Å². The number of hydrogen-bond donors (Lipinski definition) is 0. The summed E-state index contributed by atoms with van der Waals surface area (Å²) in [4.78, 5) is 2.55. The van der Waals surface area contributed by atoms with E-state index < -0.39 is 0 Å². The number of nitrogens with zero attached hydrogens (tertiary/aromatic N) is 1. The maximum Gasteiger partial charge on any atom is 0.0533 e. The third-order valence-electron chi connectivity index (χ3n) is 4.01. The van der Waals surface area contributed by atoms with Gasteiger partial charge in [-0.25, -0.2) is 0 Å². The van der Waals surface area contributed by atoms with Gasteiger partial charge in [0, 0.05) is 18.6 Å². The molecule has 0 N–H and O–H groups in total. The molecule has 1 heterocycles. The normalized spacial score (nSPS) is 35.6. The van der Waals surface area contributed by atoms with Gasteiger partial charge in [0.05, 0.1) is 6.61 Å². The Bertz CT molecular complexity index is 179. The molecule has 2 heteroatoms. The average Bonchev–Trinajstić information content (AvgIpc) is 2.67. The van der Waals surface area contributed by atoms with Gasteiger partial charge in [0.25, 0.3) is 0 Å². The molecule has 2 atom stereocenters. The van der Waals surface area contributed by atoms with E-state index in [-0.39, 0.29) is 0 Å². The predicted molar refractivity (Wildman–Crippen MR) is 65.2 cm³/mol. The SMILES string of the molecule is CC.COCC12CCC[C@H]1N(C)CCC2. The highest BCUT2D eigenvalue weighted by Gasteiger charge is 2.46. The van der Waals surface area contributed by atoms with Crippen LogP contribution in [-0.2, 0) is 4.74 Å². The lowest BCUT2D eigenvalue weighted by Crippen LogP contribution is -2.49. The lowest BCUT2D eigenvalue weighted by atomic mass is 9.76. The number of fused-ring (bicyclic) bond motifs is 1. The number of piperidine rings is 1. The molecule has 1 saturated heterocycles. The van der Waals surface area contributed by atoms with Gasteiger partial charge < -0.3 is 9.64 Å². The number of hydrogen-bond acceptors (Lipinski definition) is 2. The summed E-state index contributed by atoms with van der Waals surface area (Å²) in [6.45, 7) is 6.26. The summed E-state index contributed by atoms with van der Waals surface area (Å²) in [6.07, 6.45) is 6.92. The maximum absolute atomic E-state index is 5.41. The molecule has 0 amide bonds. The predicted octanol–water partition coefficient (Wildman–Crippen LogP) is 2.92. The van der Waals surface area contributed by atoms with Gasteiger partial charge in [0.2, 0.25) is 0 Å². The maximum atomic E-state index is 5.41. The van der Waals surface area contributed by atoms with Gasteiger partial charge in [0.1, 0.15) is 0 Å². The fourth-order valence-electron chi connectivity index (χ4n) is 3.46. The van der Waals surface area contributed by atoms with Crippen LogP contribution in [-0.4, -0.2) is 38.3 Å². The fraction of sp³-hybridized carbons (Fsp3) is 1.00. The molecule has 0 aromatic rings. The van der Waals surface area contributed by atoms with E-state index in [0.29, 0.717) is 5.41 Å². The first-order chi connectivity index (χ1) is 7.28. The second kappa shape index (κ2) is 5.86. The number of methoxy groups -OCH3 is 1. The molecule has 0 aromatic heterocycles. The summed E-state index contributed by atoms with van der Waals surface area (Å²) in [5, 5.41) is 0. The minimum absolute atomic E-state index is 0.516. The Hall–Kier alpha value is -0.0800. The molecule has 2 rings (SSSR count). The van der Waals surface area contributed by atoms with Gasteiger partial charge in [-0.05, 0) is 39.3 Å². The zero-order chi connectivity index (χ0) is 11.3. The first-order valence-corrected chi connectivity index (χ1v) is 6.48. The Morgan fingerprint density at radius 1 is 1.27 bits per heavy atom. The van der Waals surface area contributed by atoms with Crippen molar-refractivity contribution in [1.29, 1.82) is 0 Å². The molecule has 1 unspecified atom stereocenters. The van der Waals surface area contributed by atoms with E-state index in [1.54, 1.807) is 0 Å². The summed E-state index contributed by atoms with van der Waals surface area (Å²) >= 11 is 0. The molecule has 90 valence electrons. The van der Waals surface area contributed by atoms with Crippen molar-refractivity contribution in [2.45, 2.75) is 52.0 Å². The zero-order valence-electron chi connectivity index (χ0n) is 10.9. The lowest BCUT2D eigenvalue weighted by Gasteiger charge is -2.44. The summed E-state index contributed by atoms with van der Waals surface area (Å²) in [6, 6.07) is 0.807. The van der Waals surface area contributed by atoms with E-state index in [0.717, 1.165) is 12.6 Å². The summed E-state index contributed by atoms with van der Waals surface area (Å²) in [5.74, 6) is 0. The second-order valence-electron chi connectivity index (χ2n) is 4.79. The minimum Gasteiger partial charge on any atom is -0.384 e. The number of likely N-dealkylation sites (tertiary alicyclic amines) is 1. The van der Waals surface area contributed by atoms with E-state index in [1.807, 2.05) is 21.0 Å². The fourth-order valence-corrected chi connectivity index (χ4v) is 3.46. The van der Waals surface area contributed by atoms with Crippen LogP contribution < -0.4 is 0 Å². The monoisotopic (exact) mass is 213 g/mol. The van der Waals surface area contributed by atoms with Crippen molar-refractivity contribution in [3.8, 4) is 0 Å². The van der Waals surface area contributed by atoms with Gasteiger partial charge in [-0.2, -0.15) is 0 Å². The minimum atomic E-state index is 0.516. The summed E-state index contributed by atoms with van der Waals surface area (Å²) in [5.41, 5.74) is 0.516. The van der Waals surface area contributed by atoms with Crippen LogP contribution in [0.4, 0.5) is 0 Å². The second-order valence-corrected chi connectivity index (χ2v) is 4.79. The van der Waals surface area contributed by atoms with Crippen LogP contribution >= 0.6 is 0 Å². The van der Waals surface area contributed by atoms with Gasteiger partial charge in [0.15, 0.2) is 0 Å². The quantitative estimate of drug-likeness (QED) is 0.699. The van der Waals surface area contributed by atoms with Crippen molar-refractivity contribution in [2.75, 3.05) is 27.3 Å². The van der Waals surface area contributed by atoms with Crippen molar-refractivity contribution in [3.05, 3.63) is 0 Å². The molecule has 2 nitrogen and oxygen atoms in total. The molecule has 2 aliphatic rings. The molecule has 0 spiro atoms. The third-order valence-corrected chi connectivity index (χ3v) is 4.01. The van der Waals surface area contributed by atoms with Crippen LogP contribution in [0.5, 0.6) is 0 Å². The van der Waals surface area contributed by atoms with Crippen molar-refractivity contribution in [1.82, 2.24) is 4.90 Å². The Labute approximate surface area is 95.0 Å². The molecule has 1 saturated carbocycles. The van der Waals surface area contributed by atoms with Gasteiger partial charge in [-0.1, -0.05) is 20.3 Å². The van der Waals surface area contributed by atoms with Crippen molar-refractivity contribution < 1.29 is 4.74 Å². The van der Waals surface area contributed by atoms with E-state index in [4.69, 9.17) is 4.74 Å². The van der Waals surface area contributed by atoms with E-state index >= 15 is 0 Å². The number of ether oxygens (including phenoxy) is 1. The van der Waals surface area contributed by atoms with Crippen LogP contribution in [0.1, 0.15) is 46.0 Å². The van der Waals surface area contributed by atoms with Crippen molar-refractivity contribution in [3.63, 3.8) is 0 Å². The van der Waals surface area contributed by atoms with E-state index in [1.165, 1.54) is 38.6 Å². The molecule has 0 aromatic carbocycles. The van der Waals surface area contributed by atoms with Crippen LogP contribution in [0, 0.1) is 5.41 Å². The first-order valence-electron chi connectivity index (χ1n) is 6.48. The van der Waals surface area contributed by atoms with Crippen LogP contribution in [0.3, 0.4) is 0 Å². The first kappa shape index (κ1) is 13.0. The largest absolute Gasteiger partial charge is 0.384 e. The highest BCUT2D eigenvalue weighted by molar-refractivity contribution is 4.99. The molecule has 0 bridgehead atoms. The average molecular weight is 213 g/mol. The van der Waals surface area contributed by atoms with Gasteiger partial charge in [-0.15, -0.1) is 0 Å². The Morgan fingerprint density at radius 2 is 1.93 bits per heavy atom. The molecular weight excluding hydrogens is 186 g/mol. The van der Waals surface area contributed by atoms with Gasteiger partial charge in [-0.3, -0.25) is 0 Å². The standard InChI is InChI=1S/C11H21NO.C2H6/c1-12-8-4-7-11(9-13-2)6-3-5-10(11)12;1-2/h10H,3-9H2,1-2H3;1-2H3/t10-,11?;/m1./s1. The molecular formula is C13H27NO. The summed E-state index contributed by atoms with van der Waals surface area (Å²) < 4.78 is 5.41. The molecule has 1 aliphatic heterocycles. The van der Waals surface area contributed by atoms with Crippen LogP contribution in [0.2, 0.25) is 0 Å². The highest BCUT2D eigenvalue weighted by Crippen LogP contribution is 2.47. The number of rotatable bonds is 2. The van der Waals surface area contributed by atoms with Crippen molar-refractivity contribution in [2.24, 2.45) is 5.41 Å². The van der Waals surface area contributed by atoms with E-state index in [9.17, 15) is 0 Å². The zero-order valence-corrected chi connectivity index (χ0v) is 10.9. The Kier molecular flexibility index (Phi) is 5.07. The van der Waals surface area contributed by atoms with Crippen molar-refractivity contribution >= 4 is 0 Å². The molecule has 1 aliphatic carbocycles. The van der Waals surface area contributed by atoms with Crippen LogP contribution in [0.15, 0.2) is 0 Å². The smallest absolute Gasteiger partial charge is 0.0533 e. The highest BCUT2D eigenvalue weighted by atomic mass is 16.5. The Morgan fingerprint density at radius 3 is 2.60 bits per heavy atom. The lowest BCUT2D eigenvalue weighted by molar-refractivity contribution is -0.00988. The van der Waals surface area contributed by atoms with Gasteiger partial charge >= 0.3 is 0 Å². The molecule has 2 fully saturated rings. The molecule has 15 heavy (non-hydrogen) atoms. The van der Waals surface area contributed by atoms with Crippen LogP contribution in [0.25, 0.3) is 0 Å². The van der Waals surface area contributed by atoms with E-state index in [2.05, 4.69) is 11.9 Å². The third kappa shape index (κ3) is 2.54. The Balaban J connectivity index is 0.000000531. The molecule has 0 radical (unpaired) electrons. The summed E-state index contributed by atoms with van der Waals surface area (Å²) in [7, 11) is 4.12.